The van der Waals surface area contributed by atoms with Gasteiger partial charge in [0, 0.05) is 154 Å². The summed E-state index contributed by atoms with van der Waals surface area (Å²) >= 11 is 0. The van der Waals surface area contributed by atoms with Crippen molar-refractivity contribution in [1.29, 1.82) is 0 Å². The van der Waals surface area contributed by atoms with E-state index in [-0.39, 0.29) is 17.6 Å². The lowest BCUT2D eigenvalue weighted by atomic mass is 10.0. The maximum absolute atomic E-state index is 11.9. The van der Waals surface area contributed by atoms with Gasteiger partial charge in [-0.15, -0.1) is 0 Å². The van der Waals surface area contributed by atoms with Crippen LogP contribution in [0.1, 0.15) is 44.9 Å². The van der Waals surface area contributed by atoms with Gasteiger partial charge >= 0.3 is 0 Å². The number of aryl methyl sites for hydroxylation is 2. The highest BCUT2D eigenvalue weighted by molar-refractivity contribution is 5.97. The van der Waals surface area contributed by atoms with Crippen LogP contribution >= 0.6 is 0 Å². The first kappa shape index (κ1) is 58.3. The van der Waals surface area contributed by atoms with Crippen molar-refractivity contribution in [2.45, 2.75) is 52.7 Å². The number of aromatic nitrogens is 6. The second-order valence-electron chi connectivity index (χ2n) is 23.8. The molecule has 6 aliphatic rings. The highest BCUT2D eigenvalue weighted by Gasteiger charge is 2.31. The summed E-state index contributed by atoms with van der Waals surface area (Å²) in [7, 11) is 0. The zero-order valence-electron chi connectivity index (χ0n) is 51.1. The fraction of sp³-hybridized carbons (Fsp3) is 0.324. The van der Waals surface area contributed by atoms with E-state index in [1.165, 1.54) is 78.6 Å². The van der Waals surface area contributed by atoms with Gasteiger partial charge in [-0.05, 0) is 90.7 Å². The van der Waals surface area contributed by atoms with Crippen molar-refractivity contribution < 1.29 is 14.7 Å². The van der Waals surface area contributed by atoms with E-state index in [1.54, 1.807) is 25.0 Å². The van der Waals surface area contributed by atoms with E-state index in [9.17, 15) is 14.7 Å². The van der Waals surface area contributed by atoms with Crippen LogP contribution in [0.15, 0.2) is 153 Å². The van der Waals surface area contributed by atoms with Crippen LogP contribution < -0.4 is 34.7 Å². The predicted molar refractivity (Wildman–Crippen MR) is 356 cm³/mol. The Labute approximate surface area is 520 Å². The van der Waals surface area contributed by atoms with Gasteiger partial charge in [0.25, 0.3) is 0 Å². The van der Waals surface area contributed by atoms with E-state index in [2.05, 4.69) is 170 Å². The van der Waals surface area contributed by atoms with Gasteiger partial charge in [0.1, 0.15) is 42.2 Å². The minimum Gasteiger partial charge on any atom is -0.508 e. The second kappa shape index (κ2) is 26.0. The number of anilines is 6. The molecule has 2 N–H and O–H groups in total. The van der Waals surface area contributed by atoms with E-state index in [0.29, 0.717) is 32.7 Å². The molecule has 89 heavy (non-hydrogen) atoms. The Balaban J connectivity index is 0.000000123. The summed E-state index contributed by atoms with van der Waals surface area (Å²) in [5.74, 6) is 3.43. The molecule has 9 aromatic rings. The van der Waals surface area contributed by atoms with E-state index in [4.69, 9.17) is 0 Å². The molecule has 0 radical (unpaired) electrons. The zero-order valence-corrected chi connectivity index (χ0v) is 51.1. The molecule has 0 atom stereocenters. The van der Waals surface area contributed by atoms with E-state index < -0.39 is 0 Å². The van der Waals surface area contributed by atoms with E-state index >= 15 is 0 Å². The molecule has 454 valence electrons. The molecule has 2 amide bonds. The SMILES string of the molecule is C=CC(=O)N1CCN(c2ncnc3c2CCN(c2cc(C)cc4ccccc24)C3)CC1.C=CC(=O)N1CCN(c2ncnc3c2CCN(c2cc(O)cc4ccccc24)C3)CC1.Cc1cc(N2CCc3c(ncnc3N3CCNCC3)C2)c2ccccc2c1. The lowest BCUT2D eigenvalue weighted by molar-refractivity contribution is -0.127. The first-order valence-electron chi connectivity index (χ1n) is 31.3. The third kappa shape index (κ3) is 12.3. The average molecular weight is 1190 g/mol. The Bertz CT molecular complexity index is 3930. The lowest BCUT2D eigenvalue weighted by Gasteiger charge is -2.37. The highest BCUT2D eigenvalue weighted by Crippen LogP contribution is 2.38. The van der Waals surface area contributed by atoms with Gasteiger partial charge in [-0.3, -0.25) is 9.59 Å². The maximum atomic E-state index is 11.9. The van der Waals surface area contributed by atoms with Crippen LogP contribution in [-0.2, 0) is 48.5 Å². The van der Waals surface area contributed by atoms with Gasteiger partial charge in [-0.1, -0.05) is 98.1 Å². The number of carbonyl (C=O) groups is 2. The molecule has 3 aromatic heterocycles. The minimum atomic E-state index is -0.0154. The van der Waals surface area contributed by atoms with Gasteiger partial charge in [-0.2, -0.15) is 0 Å². The molecule has 0 unspecified atom stereocenters. The van der Waals surface area contributed by atoms with E-state index in [0.717, 1.165) is 150 Å². The maximum Gasteiger partial charge on any atom is 0.246 e. The number of fused-ring (bicyclic) bond motifs is 6. The average Bonchev–Trinajstić information content (AvgIpc) is 1.40. The van der Waals surface area contributed by atoms with Crippen LogP contribution in [-0.4, -0.2) is 155 Å². The summed E-state index contributed by atoms with van der Waals surface area (Å²) in [5, 5.41) is 21.0. The molecule has 0 bridgehead atoms. The van der Waals surface area contributed by atoms with Crippen LogP contribution in [0.5, 0.6) is 5.75 Å². The van der Waals surface area contributed by atoms with Crippen molar-refractivity contribution in [3.05, 3.63) is 198 Å². The molecule has 0 spiro atoms. The molecule has 6 aromatic carbocycles. The van der Waals surface area contributed by atoms with Crippen molar-refractivity contribution in [2.24, 2.45) is 0 Å². The molecule has 0 aliphatic carbocycles. The lowest BCUT2D eigenvalue weighted by Crippen LogP contribution is -2.49. The van der Waals surface area contributed by atoms with Crippen LogP contribution in [0.25, 0.3) is 32.3 Å². The first-order chi connectivity index (χ1) is 43.6. The zero-order chi connectivity index (χ0) is 61.0. The van der Waals surface area contributed by atoms with Crippen molar-refractivity contribution in [3.8, 4) is 5.75 Å². The number of phenols is 1. The summed E-state index contributed by atoms with van der Waals surface area (Å²) in [5.41, 5.74) is 13.3. The van der Waals surface area contributed by atoms with Gasteiger partial charge in [0.2, 0.25) is 11.8 Å². The quantitative estimate of drug-likeness (QED) is 0.138. The van der Waals surface area contributed by atoms with Crippen molar-refractivity contribution in [3.63, 3.8) is 0 Å². The highest BCUT2D eigenvalue weighted by atomic mass is 16.3. The second-order valence-corrected chi connectivity index (χ2v) is 23.8. The van der Waals surface area contributed by atoms with Gasteiger partial charge in [-0.25, -0.2) is 29.9 Å². The Morgan fingerprint density at radius 3 is 1.16 bits per heavy atom. The normalized spacial score (nSPS) is 16.6. The van der Waals surface area contributed by atoms with E-state index in [1.807, 2.05) is 34.1 Å². The molecule has 18 nitrogen and oxygen atoms in total. The van der Waals surface area contributed by atoms with Crippen LogP contribution in [0.2, 0.25) is 0 Å². The summed E-state index contributed by atoms with van der Waals surface area (Å²) in [6, 6.07) is 38.1. The number of benzene rings is 6. The number of amides is 2. The summed E-state index contributed by atoms with van der Waals surface area (Å²) in [6.07, 6.45) is 10.6. The number of rotatable bonds is 8. The standard InChI is InChI=1S/C25H27N5O.C24H25N5O2.C22H25N5/c1-3-24(31)28-10-12-29(13-11-28)25-21-8-9-30(16-22(21)26-17-27-25)23-15-18(2)14-19-6-4-5-7-20(19)23;1-2-23(31)27-9-11-28(12-10-27)24-20-7-8-29(15-21(20)25-16-26-24)22-14-18(30)13-17-5-3-4-6-19(17)22;1-16-12-17-4-2-3-5-18(17)21(13-16)27-9-6-19-20(14-27)24-15-25-22(19)26-10-7-23-8-11-26/h3-7,14-15,17H,1,8-13,16H2,2H3;2-6,13-14,16,30H,1,7-12,15H2;2-5,12-13,15,23H,6-11,14H2,1H3. The third-order valence-corrected chi connectivity index (χ3v) is 18.3. The number of piperazine rings is 3. The molecule has 3 fully saturated rings. The summed E-state index contributed by atoms with van der Waals surface area (Å²) < 4.78 is 0. The summed E-state index contributed by atoms with van der Waals surface area (Å²) in [6.45, 7) is 26.5. The Morgan fingerprint density at radius 1 is 0.427 bits per heavy atom. The third-order valence-electron chi connectivity index (χ3n) is 18.3. The molecule has 18 heteroatoms. The van der Waals surface area contributed by atoms with Gasteiger partial charge in [0.05, 0.1) is 36.7 Å². The molecule has 15 rings (SSSR count). The molecule has 0 saturated carbocycles. The summed E-state index contributed by atoms with van der Waals surface area (Å²) in [4.78, 5) is 69.4. The number of phenolic OH excluding ortho intramolecular Hbond substituents is 1. The Hall–Kier alpha value is -9.68. The Kier molecular flexibility index (Phi) is 17.0. The number of hydrogen-bond acceptors (Lipinski definition) is 16. The number of carbonyl (C=O) groups excluding carboxylic acids is 2. The number of hydrogen-bond donors (Lipinski definition) is 2. The largest absolute Gasteiger partial charge is 0.508 e. The fourth-order valence-electron chi connectivity index (χ4n) is 13.8. The van der Waals surface area contributed by atoms with Crippen molar-refractivity contribution in [2.75, 3.05) is 128 Å². The van der Waals surface area contributed by atoms with Crippen LogP contribution in [0.3, 0.4) is 0 Å². The Morgan fingerprint density at radius 2 is 0.775 bits per heavy atom. The number of nitrogens with one attached hydrogen (secondary N) is 1. The van der Waals surface area contributed by atoms with Crippen LogP contribution in [0.4, 0.5) is 34.5 Å². The van der Waals surface area contributed by atoms with Gasteiger partial charge in [0.15, 0.2) is 0 Å². The van der Waals surface area contributed by atoms with Gasteiger partial charge < -0.3 is 49.6 Å². The fourth-order valence-corrected chi connectivity index (χ4v) is 13.8. The number of nitrogens with zero attached hydrogens (tertiary/aromatic N) is 14. The predicted octanol–water partition coefficient (Wildman–Crippen LogP) is 8.98. The van der Waals surface area contributed by atoms with Crippen molar-refractivity contribution >= 4 is 78.6 Å². The molecule has 6 aliphatic heterocycles. The molecule has 3 saturated heterocycles. The van der Waals surface area contributed by atoms with Crippen LogP contribution in [0, 0.1) is 13.8 Å². The minimum absolute atomic E-state index is 0.00499. The monoisotopic (exact) mass is 1190 g/mol. The number of aromatic hydroxyl groups is 1. The smallest absolute Gasteiger partial charge is 0.246 e. The molecular weight excluding hydrogens is 1110 g/mol. The van der Waals surface area contributed by atoms with Crippen molar-refractivity contribution in [1.82, 2.24) is 45.0 Å². The topological polar surface area (TPSA) is 170 Å². The molecular formula is C71H77N15O3. The molecule has 9 heterocycles. The first-order valence-corrected chi connectivity index (χ1v) is 31.3.